The van der Waals surface area contributed by atoms with E-state index in [4.69, 9.17) is 14.5 Å². The second-order valence-corrected chi connectivity index (χ2v) is 9.02. The fourth-order valence-corrected chi connectivity index (χ4v) is 4.23. The Hall–Kier alpha value is -2.12. The molecule has 0 bridgehead atoms. The van der Waals surface area contributed by atoms with Crippen LogP contribution in [0, 0.1) is 12.8 Å². The van der Waals surface area contributed by atoms with Crippen LogP contribution in [0.5, 0.6) is 5.75 Å². The first-order valence-electron chi connectivity index (χ1n) is 9.44. The van der Waals surface area contributed by atoms with Gasteiger partial charge in [-0.25, -0.2) is 4.98 Å². The largest absolute Gasteiger partial charge is 0.507 e. The summed E-state index contributed by atoms with van der Waals surface area (Å²) < 4.78 is 11.2. The van der Waals surface area contributed by atoms with Gasteiger partial charge in [0.25, 0.3) is 0 Å². The number of thiazole rings is 1. The fraction of sp³-hybridized carbons (Fsp3) is 0.524. The highest BCUT2D eigenvalue weighted by molar-refractivity contribution is 7.14. The summed E-state index contributed by atoms with van der Waals surface area (Å²) in [7, 11) is 1.63. The lowest BCUT2D eigenvalue weighted by molar-refractivity contribution is -0.165. The van der Waals surface area contributed by atoms with Crippen LogP contribution in [0.15, 0.2) is 23.6 Å². The number of methoxy groups -OCH3 is 1. The molecule has 2 aromatic rings. The zero-order valence-electron chi connectivity index (χ0n) is 17.1. The van der Waals surface area contributed by atoms with Gasteiger partial charge >= 0.3 is 5.97 Å². The predicted molar refractivity (Wildman–Crippen MR) is 111 cm³/mol. The Labute approximate surface area is 170 Å². The third-order valence-electron chi connectivity index (χ3n) is 4.76. The molecule has 0 aliphatic carbocycles. The van der Waals surface area contributed by atoms with Crippen molar-refractivity contribution < 1.29 is 19.4 Å². The third-order valence-corrected chi connectivity index (χ3v) is 5.66. The fourth-order valence-electron chi connectivity index (χ4n) is 3.36. The van der Waals surface area contributed by atoms with E-state index in [1.54, 1.807) is 13.2 Å². The van der Waals surface area contributed by atoms with Gasteiger partial charge in [-0.05, 0) is 46.2 Å². The van der Waals surface area contributed by atoms with Gasteiger partial charge in [-0.15, -0.1) is 11.3 Å². The van der Waals surface area contributed by atoms with Crippen LogP contribution >= 0.6 is 11.3 Å². The van der Waals surface area contributed by atoms with E-state index in [1.165, 1.54) is 11.3 Å². The van der Waals surface area contributed by atoms with E-state index in [9.17, 15) is 9.90 Å². The number of esters is 1. The number of benzene rings is 1. The summed E-state index contributed by atoms with van der Waals surface area (Å²) in [6.45, 7) is 8.89. The number of anilines is 1. The molecule has 1 aromatic carbocycles. The van der Waals surface area contributed by atoms with E-state index in [0.717, 1.165) is 22.0 Å². The first kappa shape index (κ1) is 20.6. The second kappa shape index (κ2) is 8.09. The van der Waals surface area contributed by atoms with Crippen molar-refractivity contribution in [2.75, 3.05) is 25.1 Å². The van der Waals surface area contributed by atoms with Gasteiger partial charge in [0.2, 0.25) is 0 Å². The van der Waals surface area contributed by atoms with Crippen molar-refractivity contribution in [1.29, 1.82) is 0 Å². The molecule has 2 heterocycles. The number of phenolic OH excluding ortho intramolecular Hbond substituents is 1. The topological polar surface area (TPSA) is 71.9 Å². The molecule has 6 nitrogen and oxygen atoms in total. The number of hydrogen-bond donors (Lipinski definition) is 1. The van der Waals surface area contributed by atoms with E-state index < -0.39 is 5.60 Å². The molecule has 2 atom stereocenters. The molecule has 3 rings (SSSR count). The van der Waals surface area contributed by atoms with Gasteiger partial charge in [0, 0.05) is 31.1 Å². The molecule has 1 saturated heterocycles. The Morgan fingerprint density at radius 3 is 2.79 bits per heavy atom. The van der Waals surface area contributed by atoms with Crippen LogP contribution in [0.3, 0.4) is 0 Å². The summed E-state index contributed by atoms with van der Waals surface area (Å²) in [6, 6.07) is 5.49. The van der Waals surface area contributed by atoms with E-state index in [2.05, 4.69) is 4.90 Å². The summed E-state index contributed by atoms with van der Waals surface area (Å²) in [5.41, 5.74) is 2.05. The highest BCUT2D eigenvalue weighted by Gasteiger charge is 2.37. The van der Waals surface area contributed by atoms with E-state index in [0.29, 0.717) is 19.5 Å². The van der Waals surface area contributed by atoms with Crippen molar-refractivity contribution in [3.05, 3.63) is 29.1 Å². The Balaban J connectivity index is 1.74. The van der Waals surface area contributed by atoms with Crippen molar-refractivity contribution in [1.82, 2.24) is 4.98 Å². The normalized spacial score (nSPS) is 20.2. The molecule has 7 heteroatoms. The molecule has 1 fully saturated rings. The number of piperidine rings is 1. The van der Waals surface area contributed by atoms with Crippen LogP contribution in [0.1, 0.15) is 32.8 Å². The number of nitrogens with zero attached hydrogens (tertiary/aromatic N) is 2. The zero-order chi connectivity index (χ0) is 20.5. The molecule has 28 heavy (non-hydrogen) atoms. The highest BCUT2D eigenvalue weighted by atomic mass is 32.1. The average Bonchev–Trinajstić information content (AvgIpc) is 3.11. The maximum atomic E-state index is 12.5. The van der Waals surface area contributed by atoms with E-state index in [-0.39, 0.29) is 23.7 Å². The van der Waals surface area contributed by atoms with Crippen LogP contribution in [-0.4, -0.2) is 48.0 Å². The number of carbonyl (C=O) groups excluding carboxylic acids is 1. The van der Waals surface area contributed by atoms with Crippen LogP contribution in [0.2, 0.25) is 0 Å². The maximum Gasteiger partial charge on any atom is 0.312 e. The second-order valence-electron chi connectivity index (χ2n) is 8.18. The number of phenols is 1. The number of carbonyl (C=O) groups is 1. The standard InChI is InChI=1S/C21H28N2O4S/c1-13-6-7-17(24)15(10-13)16-12-28-20(22-16)23-9-8-14(18(11-23)26-5)19(25)27-21(2,3)4/h6-7,10,12,14,18,24H,8-9,11H2,1-5H3. The molecule has 1 aliphatic heterocycles. The van der Waals surface area contributed by atoms with Crippen LogP contribution in [0.25, 0.3) is 11.3 Å². The molecule has 0 amide bonds. The average molecular weight is 405 g/mol. The maximum absolute atomic E-state index is 12.5. The van der Waals surface area contributed by atoms with Crippen LogP contribution in [-0.2, 0) is 14.3 Å². The van der Waals surface area contributed by atoms with Crippen molar-refractivity contribution in [2.24, 2.45) is 5.92 Å². The smallest absolute Gasteiger partial charge is 0.312 e. The summed E-state index contributed by atoms with van der Waals surface area (Å²) in [5, 5.41) is 13.0. The number of aromatic hydroxyl groups is 1. The highest BCUT2D eigenvalue weighted by Crippen LogP contribution is 2.35. The number of hydrogen-bond acceptors (Lipinski definition) is 7. The minimum absolute atomic E-state index is 0.205. The molecule has 152 valence electrons. The number of rotatable bonds is 4. The lowest BCUT2D eigenvalue weighted by Gasteiger charge is -2.37. The Morgan fingerprint density at radius 1 is 1.36 bits per heavy atom. The van der Waals surface area contributed by atoms with Gasteiger partial charge in [0.15, 0.2) is 5.13 Å². The lowest BCUT2D eigenvalue weighted by atomic mass is 9.93. The molecule has 0 radical (unpaired) electrons. The van der Waals surface area contributed by atoms with Crippen molar-refractivity contribution >= 4 is 22.4 Å². The third kappa shape index (κ3) is 4.64. The zero-order valence-corrected chi connectivity index (χ0v) is 17.9. The number of aryl methyl sites for hydroxylation is 1. The SMILES string of the molecule is COC1CN(c2nc(-c3cc(C)ccc3O)cs2)CCC1C(=O)OC(C)(C)C. The van der Waals surface area contributed by atoms with Crippen LogP contribution < -0.4 is 4.90 Å². The Bertz CT molecular complexity index is 843. The first-order valence-corrected chi connectivity index (χ1v) is 10.3. The first-order chi connectivity index (χ1) is 13.2. The lowest BCUT2D eigenvalue weighted by Crippen LogP contribution is -2.49. The monoisotopic (exact) mass is 404 g/mol. The molecule has 2 unspecified atom stereocenters. The summed E-state index contributed by atoms with van der Waals surface area (Å²) in [5.74, 6) is -0.259. The molecule has 1 N–H and O–H groups in total. The summed E-state index contributed by atoms with van der Waals surface area (Å²) in [6.07, 6.45) is 0.404. The molecule has 1 aliphatic rings. The van der Waals surface area contributed by atoms with Gasteiger partial charge in [-0.3, -0.25) is 4.79 Å². The van der Waals surface area contributed by atoms with Crippen LogP contribution in [0.4, 0.5) is 5.13 Å². The van der Waals surface area contributed by atoms with Crippen molar-refractivity contribution in [2.45, 2.75) is 45.8 Å². The molecular formula is C21H28N2O4S. The predicted octanol–water partition coefficient (Wildman–Crippen LogP) is 4.01. The van der Waals surface area contributed by atoms with Gasteiger partial charge in [-0.1, -0.05) is 11.6 Å². The Morgan fingerprint density at radius 2 is 2.11 bits per heavy atom. The van der Waals surface area contributed by atoms with Gasteiger partial charge < -0.3 is 19.5 Å². The molecular weight excluding hydrogens is 376 g/mol. The van der Waals surface area contributed by atoms with Crippen molar-refractivity contribution in [3.63, 3.8) is 0 Å². The van der Waals surface area contributed by atoms with Crippen molar-refractivity contribution in [3.8, 4) is 17.0 Å². The molecule has 0 saturated carbocycles. The minimum Gasteiger partial charge on any atom is -0.507 e. The van der Waals surface area contributed by atoms with E-state index in [1.807, 2.05) is 45.2 Å². The van der Waals surface area contributed by atoms with E-state index >= 15 is 0 Å². The number of ether oxygens (including phenoxy) is 2. The molecule has 1 aromatic heterocycles. The minimum atomic E-state index is -0.507. The summed E-state index contributed by atoms with van der Waals surface area (Å²) >= 11 is 1.53. The van der Waals surface area contributed by atoms with Gasteiger partial charge in [0.1, 0.15) is 11.4 Å². The van der Waals surface area contributed by atoms with Gasteiger partial charge in [0.05, 0.1) is 17.7 Å². The molecule has 0 spiro atoms. The number of aromatic nitrogens is 1. The quantitative estimate of drug-likeness (QED) is 0.777. The van der Waals surface area contributed by atoms with Gasteiger partial charge in [-0.2, -0.15) is 0 Å². The summed E-state index contributed by atoms with van der Waals surface area (Å²) in [4.78, 5) is 19.4. The Kier molecular flexibility index (Phi) is 5.95.